The highest BCUT2D eigenvalue weighted by Gasteiger charge is 2.48. The van der Waals surface area contributed by atoms with Crippen LogP contribution in [0, 0.1) is 6.92 Å². The lowest BCUT2D eigenvalue weighted by Gasteiger charge is -2.25. The Hall–Kier alpha value is -3.51. The molecule has 1 fully saturated rings. The third kappa shape index (κ3) is 3.25. The van der Waals surface area contributed by atoms with Crippen molar-refractivity contribution in [1.29, 1.82) is 0 Å². The Morgan fingerprint density at radius 1 is 1.13 bits per heavy atom. The maximum Gasteiger partial charge on any atom is 0.300 e. The molecule has 1 saturated heterocycles. The molecule has 3 aromatic rings. The Labute approximate surface area is 177 Å². The number of rotatable bonds is 4. The number of Topliss-reactive ketones (excluding diaryl/α,β-unsaturated/α-hetero) is 1. The van der Waals surface area contributed by atoms with Gasteiger partial charge in [0.1, 0.15) is 23.3 Å². The van der Waals surface area contributed by atoms with Crippen LogP contribution in [0.4, 0.5) is 5.69 Å². The van der Waals surface area contributed by atoms with Crippen molar-refractivity contribution in [2.24, 2.45) is 0 Å². The minimum Gasteiger partial charge on any atom is -0.507 e. The molecule has 4 rings (SSSR count). The highest BCUT2D eigenvalue weighted by atomic mass is 35.5. The number of carbonyl (C=O) groups excluding carboxylic acids is 2. The summed E-state index contributed by atoms with van der Waals surface area (Å²) < 4.78 is 10.8. The summed E-state index contributed by atoms with van der Waals surface area (Å²) in [7, 11) is 1.50. The summed E-state index contributed by atoms with van der Waals surface area (Å²) >= 11 is 6.06. The smallest absolute Gasteiger partial charge is 0.300 e. The number of ketones is 1. The fraction of sp³-hybridized carbons (Fsp3) is 0.130. The van der Waals surface area contributed by atoms with Crippen LogP contribution in [-0.2, 0) is 9.59 Å². The van der Waals surface area contributed by atoms with Crippen molar-refractivity contribution in [2.75, 3.05) is 12.0 Å². The predicted octanol–water partition coefficient (Wildman–Crippen LogP) is 4.88. The summed E-state index contributed by atoms with van der Waals surface area (Å²) in [5, 5.41) is 11.6. The lowest BCUT2D eigenvalue weighted by molar-refractivity contribution is -0.132. The number of aryl methyl sites for hydroxylation is 1. The highest BCUT2D eigenvalue weighted by Crippen LogP contribution is 2.43. The number of hydrogen-bond donors (Lipinski definition) is 1. The molecule has 0 aliphatic carbocycles. The number of benzene rings is 2. The number of methoxy groups -OCH3 is 1. The zero-order chi connectivity index (χ0) is 21.4. The molecular formula is C23H18ClNO5. The molecule has 0 bridgehead atoms. The zero-order valence-electron chi connectivity index (χ0n) is 16.3. The minimum atomic E-state index is -0.925. The number of carbonyl (C=O) groups is 2. The van der Waals surface area contributed by atoms with Gasteiger partial charge in [0, 0.05) is 16.3 Å². The molecule has 30 heavy (non-hydrogen) atoms. The van der Waals surface area contributed by atoms with E-state index in [1.165, 1.54) is 18.3 Å². The fourth-order valence-electron chi connectivity index (χ4n) is 3.61. The van der Waals surface area contributed by atoms with E-state index >= 15 is 0 Å². The lowest BCUT2D eigenvalue weighted by Crippen LogP contribution is -2.29. The van der Waals surface area contributed by atoms with Crippen molar-refractivity contribution in [1.82, 2.24) is 0 Å². The van der Waals surface area contributed by atoms with E-state index in [4.69, 9.17) is 20.8 Å². The number of aliphatic hydroxyl groups is 1. The number of halogens is 1. The number of nitrogens with zero attached hydrogens (tertiary/aromatic N) is 1. The van der Waals surface area contributed by atoms with Crippen molar-refractivity contribution in [3.05, 3.63) is 88.3 Å². The van der Waals surface area contributed by atoms with Crippen LogP contribution in [0.1, 0.15) is 22.9 Å². The normalized spacial score (nSPS) is 18.1. The number of furan rings is 1. The monoisotopic (exact) mass is 423 g/mol. The van der Waals surface area contributed by atoms with Gasteiger partial charge in [-0.25, -0.2) is 0 Å². The first-order valence-corrected chi connectivity index (χ1v) is 9.55. The van der Waals surface area contributed by atoms with Gasteiger partial charge < -0.3 is 14.3 Å². The van der Waals surface area contributed by atoms with E-state index in [2.05, 4.69) is 0 Å². The summed E-state index contributed by atoms with van der Waals surface area (Å²) in [4.78, 5) is 27.4. The molecule has 0 spiro atoms. The van der Waals surface area contributed by atoms with Crippen LogP contribution < -0.4 is 9.64 Å². The maximum absolute atomic E-state index is 13.0. The molecule has 1 atom stereocenters. The molecule has 1 unspecified atom stereocenters. The Bertz CT molecular complexity index is 1170. The topological polar surface area (TPSA) is 80.0 Å². The van der Waals surface area contributed by atoms with Gasteiger partial charge in [0.2, 0.25) is 0 Å². The van der Waals surface area contributed by atoms with Crippen LogP contribution >= 0.6 is 11.6 Å². The third-order valence-corrected chi connectivity index (χ3v) is 5.25. The molecule has 0 radical (unpaired) electrons. The summed E-state index contributed by atoms with van der Waals surface area (Å²) in [6, 6.07) is 14.1. The van der Waals surface area contributed by atoms with E-state index in [1.54, 1.807) is 61.5 Å². The summed E-state index contributed by atoms with van der Waals surface area (Å²) in [6.07, 6.45) is 1.45. The second-order valence-electron chi connectivity index (χ2n) is 6.85. The number of ether oxygens (including phenoxy) is 1. The van der Waals surface area contributed by atoms with Crippen LogP contribution in [0.2, 0.25) is 5.02 Å². The van der Waals surface area contributed by atoms with Crippen LogP contribution in [-0.4, -0.2) is 23.9 Å². The molecule has 0 saturated carbocycles. The molecule has 2 aromatic carbocycles. The average Bonchev–Trinajstić information content (AvgIpc) is 3.35. The van der Waals surface area contributed by atoms with Gasteiger partial charge in [-0.15, -0.1) is 0 Å². The Balaban J connectivity index is 1.94. The van der Waals surface area contributed by atoms with Crippen LogP contribution in [0.25, 0.3) is 5.76 Å². The molecule has 152 valence electrons. The van der Waals surface area contributed by atoms with Gasteiger partial charge in [-0.3, -0.25) is 14.5 Å². The molecule has 1 N–H and O–H groups in total. The molecule has 1 aliphatic rings. The van der Waals surface area contributed by atoms with Crippen molar-refractivity contribution < 1.29 is 23.8 Å². The quantitative estimate of drug-likeness (QED) is 0.367. The average molecular weight is 424 g/mol. The molecule has 1 aromatic heterocycles. The molecule has 2 heterocycles. The van der Waals surface area contributed by atoms with Gasteiger partial charge in [-0.05, 0) is 55.0 Å². The second kappa shape index (κ2) is 7.72. The molecule has 1 amide bonds. The lowest BCUT2D eigenvalue weighted by atomic mass is 9.99. The Kier molecular flexibility index (Phi) is 5.10. The van der Waals surface area contributed by atoms with Crippen molar-refractivity contribution >= 4 is 34.7 Å². The highest BCUT2D eigenvalue weighted by molar-refractivity contribution is 6.51. The van der Waals surface area contributed by atoms with Crippen molar-refractivity contribution in [3.63, 3.8) is 0 Å². The maximum atomic E-state index is 13.0. The van der Waals surface area contributed by atoms with Crippen LogP contribution in [0.15, 0.2) is 70.9 Å². The standard InChI is InChI=1S/C23H18ClNO5/c1-13-11-15(24)8-9-17(13)25-20(18-7-4-10-30-18)19(22(27)23(25)28)21(26)14-5-3-6-16(12-14)29-2/h3-12,20,26H,1-2H3/b21-19-. The molecule has 1 aliphatic heterocycles. The van der Waals surface area contributed by atoms with E-state index in [-0.39, 0.29) is 11.3 Å². The van der Waals surface area contributed by atoms with Gasteiger partial charge in [-0.2, -0.15) is 0 Å². The van der Waals surface area contributed by atoms with E-state index in [0.29, 0.717) is 33.3 Å². The number of aliphatic hydroxyl groups excluding tert-OH is 1. The van der Waals surface area contributed by atoms with E-state index in [9.17, 15) is 14.7 Å². The first-order valence-electron chi connectivity index (χ1n) is 9.17. The molecule has 7 heteroatoms. The number of anilines is 1. The third-order valence-electron chi connectivity index (χ3n) is 5.02. The van der Waals surface area contributed by atoms with Gasteiger partial charge in [-0.1, -0.05) is 23.7 Å². The van der Waals surface area contributed by atoms with Gasteiger partial charge in [0.05, 0.1) is 18.9 Å². The molecule has 6 nitrogen and oxygen atoms in total. The number of amides is 1. The van der Waals surface area contributed by atoms with Crippen LogP contribution in [0.3, 0.4) is 0 Å². The van der Waals surface area contributed by atoms with Gasteiger partial charge in [0.25, 0.3) is 11.7 Å². The summed E-state index contributed by atoms with van der Waals surface area (Å²) in [6.45, 7) is 1.79. The first kappa shape index (κ1) is 19.8. The van der Waals surface area contributed by atoms with Gasteiger partial charge in [0.15, 0.2) is 0 Å². The molecular weight excluding hydrogens is 406 g/mol. The Morgan fingerprint density at radius 2 is 1.93 bits per heavy atom. The van der Waals surface area contributed by atoms with E-state index in [1.807, 2.05) is 0 Å². The SMILES string of the molecule is COc1cccc(/C(O)=C2/C(=O)C(=O)N(c3ccc(Cl)cc3C)C2c2ccco2)c1. The van der Waals surface area contributed by atoms with Crippen molar-refractivity contribution in [3.8, 4) is 5.75 Å². The van der Waals surface area contributed by atoms with Crippen molar-refractivity contribution in [2.45, 2.75) is 13.0 Å². The van der Waals surface area contributed by atoms with E-state index < -0.39 is 17.7 Å². The fourth-order valence-corrected chi connectivity index (χ4v) is 3.84. The largest absolute Gasteiger partial charge is 0.507 e. The predicted molar refractivity (Wildman–Crippen MR) is 113 cm³/mol. The number of hydrogen-bond acceptors (Lipinski definition) is 5. The van der Waals surface area contributed by atoms with Crippen LogP contribution in [0.5, 0.6) is 5.75 Å². The minimum absolute atomic E-state index is 0.0578. The van der Waals surface area contributed by atoms with Gasteiger partial charge >= 0.3 is 0 Å². The zero-order valence-corrected chi connectivity index (χ0v) is 17.0. The summed E-state index contributed by atoms with van der Waals surface area (Å²) in [5.41, 5.74) is 1.52. The van der Waals surface area contributed by atoms with E-state index in [0.717, 1.165) is 0 Å². The second-order valence-corrected chi connectivity index (χ2v) is 7.28. The first-order chi connectivity index (χ1) is 14.4. The Morgan fingerprint density at radius 3 is 2.60 bits per heavy atom. The summed E-state index contributed by atoms with van der Waals surface area (Å²) in [5.74, 6) is -0.996.